The predicted octanol–water partition coefficient (Wildman–Crippen LogP) is 0.795. The van der Waals surface area contributed by atoms with Gasteiger partial charge in [-0.2, -0.15) is 0 Å². The molecule has 0 saturated carbocycles. The van der Waals surface area contributed by atoms with Crippen molar-refractivity contribution >= 4 is 35.7 Å². The van der Waals surface area contributed by atoms with E-state index in [0.717, 1.165) is 24.5 Å². The second kappa shape index (κ2) is 6.16. The summed E-state index contributed by atoms with van der Waals surface area (Å²) in [5.74, 6) is 0. The fraction of sp³-hybridized carbons (Fsp3) is 0.0769. The summed E-state index contributed by atoms with van der Waals surface area (Å²) < 4.78 is 82.7. The van der Waals surface area contributed by atoms with Crippen molar-refractivity contribution in [3.8, 4) is 0 Å². The van der Waals surface area contributed by atoms with Crippen molar-refractivity contribution < 1.29 is 29.8 Å². The minimum absolute atomic E-state index is 0.142. The summed E-state index contributed by atoms with van der Waals surface area (Å²) in [6, 6.07) is 9.05. The Balaban J connectivity index is 2.43. The van der Waals surface area contributed by atoms with E-state index in [2.05, 4.69) is 4.72 Å². The number of benzene rings is 2. The summed E-state index contributed by atoms with van der Waals surface area (Å²) in [7, 11) is -12.5. The van der Waals surface area contributed by atoms with E-state index in [1.54, 1.807) is 0 Å². The van der Waals surface area contributed by atoms with Gasteiger partial charge in [0.1, 0.15) is 10.1 Å². The summed E-state index contributed by atoms with van der Waals surface area (Å²) in [6.45, 7) is 0. The molecule has 2 rings (SSSR count). The predicted molar refractivity (Wildman–Crippen MR) is 84.8 cm³/mol. The first kappa shape index (κ1) is 18.4. The lowest BCUT2D eigenvalue weighted by Gasteiger charge is -2.12. The van der Waals surface area contributed by atoms with E-state index < -0.39 is 34.9 Å². The average molecular weight is 390 g/mol. The molecule has 0 aliphatic carbocycles. The van der Waals surface area contributed by atoms with Crippen molar-refractivity contribution in [2.75, 3.05) is 11.0 Å². The molecule has 130 valence electrons. The first-order valence-electron chi connectivity index (χ1n) is 6.28. The largest absolute Gasteiger partial charge is 0.744 e. The van der Waals surface area contributed by atoms with Crippen molar-refractivity contribution in [2.24, 2.45) is 0 Å². The minimum Gasteiger partial charge on any atom is -0.744 e. The van der Waals surface area contributed by atoms with Crippen LogP contribution in [-0.2, 0) is 30.0 Å². The summed E-state index contributed by atoms with van der Waals surface area (Å²) in [4.78, 5) is -1.09. The van der Waals surface area contributed by atoms with Crippen molar-refractivity contribution in [2.45, 2.75) is 14.7 Å². The number of rotatable bonds is 5. The summed E-state index contributed by atoms with van der Waals surface area (Å²) in [5, 5.41) is 0. The Labute approximate surface area is 139 Å². The highest BCUT2D eigenvalue weighted by Crippen LogP contribution is 2.21. The van der Waals surface area contributed by atoms with Gasteiger partial charge in [0.05, 0.1) is 20.4 Å². The minimum atomic E-state index is -4.74. The quantitative estimate of drug-likeness (QED) is 0.745. The lowest BCUT2D eigenvalue weighted by atomic mass is 10.3. The van der Waals surface area contributed by atoms with Crippen LogP contribution in [-0.4, -0.2) is 36.1 Å². The molecular weight excluding hydrogens is 378 g/mol. The van der Waals surface area contributed by atoms with Crippen molar-refractivity contribution in [1.29, 1.82) is 0 Å². The number of anilines is 1. The zero-order chi connectivity index (χ0) is 18.2. The lowest BCUT2D eigenvalue weighted by Crippen LogP contribution is -2.14. The molecule has 0 bridgehead atoms. The first-order valence-corrected chi connectivity index (χ1v) is 11.1. The SMILES string of the molecule is CS(=O)(=O)c1cccc(S(=O)(=O)Nc2cccc(S(=O)(=O)[O-])c2)c1. The van der Waals surface area contributed by atoms with Crippen LogP contribution in [0.1, 0.15) is 0 Å². The van der Waals surface area contributed by atoms with Gasteiger partial charge < -0.3 is 4.55 Å². The molecule has 0 unspecified atom stereocenters. The third-order valence-electron chi connectivity index (χ3n) is 2.92. The number of hydrogen-bond donors (Lipinski definition) is 1. The number of nitrogens with one attached hydrogen (secondary N) is 1. The molecule has 0 fully saturated rings. The van der Waals surface area contributed by atoms with Crippen molar-refractivity contribution in [3.05, 3.63) is 48.5 Å². The Morgan fingerprint density at radius 1 is 0.792 bits per heavy atom. The fourth-order valence-electron chi connectivity index (χ4n) is 1.80. The van der Waals surface area contributed by atoms with Gasteiger partial charge in [0, 0.05) is 6.26 Å². The summed E-state index contributed by atoms with van der Waals surface area (Å²) >= 11 is 0. The Hall–Kier alpha value is -1.95. The molecule has 24 heavy (non-hydrogen) atoms. The maximum atomic E-state index is 12.3. The molecule has 0 aliphatic rings. The molecule has 11 heteroatoms. The molecule has 0 heterocycles. The van der Waals surface area contributed by atoms with E-state index in [1.165, 1.54) is 30.3 Å². The maximum absolute atomic E-state index is 12.3. The normalized spacial score (nSPS) is 12.8. The standard InChI is InChI=1S/C13H13NO7S3/c1-22(15,16)11-5-3-6-12(9-11)23(17,18)14-10-4-2-7-13(8-10)24(19,20)21/h2-9,14H,1H3,(H,19,20,21)/p-1. The first-order chi connectivity index (χ1) is 10.9. The molecule has 2 aromatic carbocycles. The van der Waals surface area contributed by atoms with Crippen LogP contribution in [0, 0.1) is 0 Å². The molecule has 8 nitrogen and oxygen atoms in total. The van der Waals surface area contributed by atoms with Gasteiger partial charge in [0.25, 0.3) is 10.0 Å². The smallest absolute Gasteiger partial charge is 0.261 e. The van der Waals surface area contributed by atoms with E-state index in [-0.39, 0.29) is 15.5 Å². The van der Waals surface area contributed by atoms with E-state index in [4.69, 9.17) is 0 Å². The Morgan fingerprint density at radius 2 is 1.33 bits per heavy atom. The molecule has 0 aromatic heterocycles. The molecule has 0 saturated heterocycles. The van der Waals surface area contributed by atoms with Gasteiger partial charge in [0.15, 0.2) is 9.84 Å². The third-order valence-corrected chi connectivity index (χ3v) is 6.24. The average Bonchev–Trinajstić information content (AvgIpc) is 2.45. The van der Waals surface area contributed by atoms with Gasteiger partial charge in [-0.15, -0.1) is 0 Å². The second-order valence-corrected chi connectivity index (χ2v) is 9.91. The summed E-state index contributed by atoms with van der Waals surface area (Å²) in [6.07, 6.45) is 0.939. The van der Waals surface area contributed by atoms with Crippen LogP contribution in [0.4, 0.5) is 5.69 Å². The zero-order valence-electron chi connectivity index (χ0n) is 12.2. The van der Waals surface area contributed by atoms with Crippen molar-refractivity contribution in [3.63, 3.8) is 0 Å². The van der Waals surface area contributed by atoms with Gasteiger partial charge in [0.2, 0.25) is 0 Å². The monoisotopic (exact) mass is 390 g/mol. The molecule has 2 aromatic rings. The zero-order valence-corrected chi connectivity index (χ0v) is 14.7. The van der Waals surface area contributed by atoms with Crippen LogP contribution in [0.25, 0.3) is 0 Å². The third kappa shape index (κ3) is 4.32. The maximum Gasteiger partial charge on any atom is 0.261 e. The molecule has 0 spiro atoms. The van der Waals surface area contributed by atoms with Gasteiger partial charge in [-0.1, -0.05) is 12.1 Å². The Kier molecular flexibility index (Phi) is 4.72. The highest BCUT2D eigenvalue weighted by molar-refractivity contribution is 7.93. The van der Waals surface area contributed by atoms with Crippen LogP contribution in [0.15, 0.2) is 63.2 Å². The van der Waals surface area contributed by atoms with Gasteiger partial charge in [-0.3, -0.25) is 4.72 Å². The van der Waals surface area contributed by atoms with Crippen LogP contribution < -0.4 is 4.72 Å². The van der Waals surface area contributed by atoms with Crippen LogP contribution in [0.5, 0.6) is 0 Å². The highest BCUT2D eigenvalue weighted by Gasteiger charge is 2.17. The van der Waals surface area contributed by atoms with Crippen LogP contribution >= 0.6 is 0 Å². The Morgan fingerprint density at radius 3 is 1.92 bits per heavy atom. The van der Waals surface area contributed by atoms with E-state index in [1.807, 2.05) is 0 Å². The van der Waals surface area contributed by atoms with Crippen molar-refractivity contribution in [1.82, 2.24) is 0 Å². The van der Waals surface area contributed by atoms with E-state index in [9.17, 15) is 29.8 Å². The molecule has 0 atom stereocenters. The lowest BCUT2D eigenvalue weighted by molar-refractivity contribution is 0.463. The molecule has 0 amide bonds. The van der Waals surface area contributed by atoms with E-state index >= 15 is 0 Å². The second-order valence-electron chi connectivity index (χ2n) is 4.83. The molecule has 0 radical (unpaired) electrons. The summed E-state index contributed by atoms with van der Waals surface area (Å²) in [5.41, 5.74) is -0.142. The highest BCUT2D eigenvalue weighted by atomic mass is 32.2. The van der Waals surface area contributed by atoms with Gasteiger partial charge in [-0.05, 0) is 36.4 Å². The number of hydrogen-bond acceptors (Lipinski definition) is 7. The fourth-order valence-corrected chi connectivity index (χ4v) is 4.15. The van der Waals surface area contributed by atoms with Gasteiger partial charge in [-0.25, -0.2) is 25.3 Å². The molecule has 1 N–H and O–H groups in total. The molecular formula is C13H12NO7S3-. The Bertz CT molecular complexity index is 1090. The number of sulfone groups is 1. The van der Waals surface area contributed by atoms with Gasteiger partial charge >= 0.3 is 0 Å². The topological polar surface area (TPSA) is 138 Å². The molecule has 0 aliphatic heterocycles. The van der Waals surface area contributed by atoms with Crippen LogP contribution in [0.3, 0.4) is 0 Å². The number of sulfonamides is 1. The van der Waals surface area contributed by atoms with Crippen LogP contribution in [0.2, 0.25) is 0 Å². The van der Waals surface area contributed by atoms with E-state index in [0.29, 0.717) is 0 Å².